The summed E-state index contributed by atoms with van der Waals surface area (Å²) in [6.07, 6.45) is 2.15. The normalized spacial score (nSPS) is 20.8. The highest BCUT2D eigenvalue weighted by Crippen LogP contribution is 2.21. The van der Waals surface area contributed by atoms with Crippen LogP contribution in [0.3, 0.4) is 0 Å². The third-order valence-electron chi connectivity index (χ3n) is 2.22. The highest BCUT2D eigenvalue weighted by atomic mass is 32.2. The second-order valence-electron chi connectivity index (χ2n) is 3.54. The van der Waals surface area contributed by atoms with Gasteiger partial charge in [0, 0.05) is 12.7 Å². The van der Waals surface area contributed by atoms with Crippen molar-refractivity contribution in [2.45, 2.75) is 17.4 Å². The fourth-order valence-electron chi connectivity index (χ4n) is 1.47. The zero-order chi connectivity index (χ0) is 10.2. The monoisotopic (exact) mass is 212 g/mol. The van der Waals surface area contributed by atoms with Crippen molar-refractivity contribution in [3.05, 3.63) is 29.8 Å². The summed E-state index contributed by atoms with van der Waals surface area (Å²) in [7, 11) is -3.11. The largest absolute Gasteiger partial charge is 0.373 e. The molecule has 14 heavy (non-hydrogen) atoms. The lowest BCUT2D eigenvalue weighted by molar-refractivity contribution is 0.406. The predicted octanol–water partition coefficient (Wildman–Crippen LogP) is 1.03. The van der Waals surface area contributed by atoms with Crippen LogP contribution in [0.5, 0.6) is 0 Å². The number of sulfone groups is 1. The minimum atomic E-state index is -3.11. The molecular formula is C10H12O3S. The van der Waals surface area contributed by atoms with E-state index in [0.717, 1.165) is 12.2 Å². The Morgan fingerprint density at radius 2 is 2.07 bits per heavy atom. The third-order valence-corrected chi connectivity index (χ3v) is 3.42. The van der Waals surface area contributed by atoms with Gasteiger partial charge < -0.3 is 4.74 Å². The molecule has 4 heteroatoms. The summed E-state index contributed by atoms with van der Waals surface area (Å²) in [5.41, 5.74) is 0.859. The molecule has 0 N–H and O–H groups in total. The molecule has 0 amide bonds. The Bertz CT molecular complexity index is 432. The van der Waals surface area contributed by atoms with Crippen LogP contribution in [0.2, 0.25) is 0 Å². The lowest BCUT2D eigenvalue weighted by Crippen LogP contribution is -2.04. The first-order valence-electron chi connectivity index (χ1n) is 4.47. The average Bonchev–Trinajstić information content (AvgIpc) is 2.87. The Morgan fingerprint density at radius 3 is 2.64 bits per heavy atom. The molecule has 1 saturated heterocycles. The first kappa shape index (κ1) is 9.68. The molecule has 0 spiro atoms. The van der Waals surface area contributed by atoms with E-state index in [4.69, 9.17) is 4.74 Å². The first-order chi connectivity index (χ1) is 6.57. The van der Waals surface area contributed by atoms with E-state index in [-0.39, 0.29) is 6.10 Å². The maximum atomic E-state index is 11.4. The molecule has 3 nitrogen and oxygen atoms in total. The van der Waals surface area contributed by atoms with E-state index < -0.39 is 9.84 Å². The van der Waals surface area contributed by atoms with Gasteiger partial charge in [-0.2, -0.15) is 0 Å². The maximum absolute atomic E-state index is 11.4. The smallest absolute Gasteiger partial charge is 0.175 e. The standard InChI is InChI=1S/C10H12O3S/c1-14(11,12)10-5-3-2-4-8(10)6-9-7-13-9/h2-5,9H,6-7H2,1H3. The molecule has 1 unspecified atom stereocenters. The van der Waals surface area contributed by atoms with Crippen molar-refractivity contribution in [1.29, 1.82) is 0 Å². The summed E-state index contributed by atoms with van der Waals surface area (Å²) in [5.74, 6) is 0. The summed E-state index contributed by atoms with van der Waals surface area (Å²) in [5, 5.41) is 0. The zero-order valence-corrected chi connectivity index (χ0v) is 8.75. The van der Waals surface area contributed by atoms with E-state index in [2.05, 4.69) is 0 Å². The summed E-state index contributed by atoms with van der Waals surface area (Å²) in [4.78, 5) is 0.426. The van der Waals surface area contributed by atoms with E-state index in [1.54, 1.807) is 12.1 Å². The Kier molecular flexibility index (Phi) is 2.33. The van der Waals surface area contributed by atoms with Crippen molar-refractivity contribution in [2.75, 3.05) is 12.9 Å². The highest BCUT2D eigenvalue weighted by molar-refractivity contribution is 7.90. The molecule has 1 aliphatic heterocycles. The van der Waals surface area contributed by atoms with Gasteiger partial charge in [-0.3, -0.25) is 0 Å². The Labute approximate surface area is 83.6 Å². The fourth-order valence-corrected chi connectivity index (χ4v) is 2.42. The van der Waals surface area contributed by atoms with Crippen LogP contribution >= 0.6 is 0 Å². The lowest BCUT2D eigenvalue weighted by Gasteiger charge is -2.05. The van der Waals surface area contributed by atoms with Crippen molar-refractivity contribution >= 4 is 9.84 Å². The van der Waals surface area contributed by atoms with Gasteiger partial charge in [-0.05, 0) is 11.6 Å². The van der Waals surface area contributed by atoms with E-state index in [9.17, 15) is 8.42 Å². The van der Waals surface area contributed by atoms with Gasteiger partial charge in [0.2, 0.25) is 0 Å². The quantitative estimate of drug-likeness (QED) is 0.703. The fraction of sp³-hybridized carbons (Fsp3) is 0.400. The van der Waals surface area contributed by atoms with Crippen LogP contribution in [0.15, 0.2) is 29.2 Å². The van der Waals surface area contributed by atoms with Gasteiger partial charge >= 0.3 is 0 Å². The van der Waals surface area contributed by atoms with Crippen LogP contribution in [0.4, 0.5) is 0 Å². The number of benzene rings is 1. The second kappa shape index (κ2) is 3.37. The highest BCUT2D eigenvalue weighted by Gasteiger charge is 2.25. The van der Waals surface area contributed by atoms with Gasteiger partial charge in [0.05, 0.1) is 17.6 Å². The van der Waals surface area contributed by atoms with Gasteiger partial charge in [0.1, 0.15) is 0 Å². The predicted molar refractivity (Wildman–Crippen MR) is 53.0 cm³/mol. The molecule has 1 heterocycles. The molecule has 0 aromatic heterocycles. The van der Waals surface area contributed by atoms with Crippen LogP contribution in [0.1, 0.15) is 5.56 Å². The molecule has 0 bridgehead atoms. The van der Waals surface area contributed by atoms with E-state index in [0.29, 0.717) is 11.3 Å². The molecular weight excluding hydrogens is 200 g/mol. The van der Waals surface area contributed by atoms with Gasteiger partial charge in [0.15, 0.2) is 9.84 Å². The van der Waals surface area contributed by atoms with Gasteiger partial charge in [-0.25, -0.2) is 8.42 Å². The van der Waals surface area contributed by atoms with E-state index >= 15 is 0 Å². The number of ether oxygens (including phenoxy) is 1. The summed E-state index contributed by atoms with van der Waals surface area (Å²) >= 11 is 0. The molecule has 76 valence electrons. The van der Waals surface area contributed by atoms with Crippen molar-refractivity contribution < 1.29 is 13.2 Å². The first-order valence-corrected chi connectivity index (χ1v) is 6.36. The Morgan fingerprint density at radius 1 is 1.43 bits per heavy atom. The summed E-state index contributed by atoms with van der Waals surface area (Å²) in [6.45, 7) is 0.748. The van der Waals surface area contributed by atoms with Crippen molar-refractivity contribution in [1.82, 2.24) is 0 Å². The minimum Gasteiger partial charge on any atom is -0.373 e. The van der Waals surface area contributed by atoms with Crippen LogP contribution in [-0.4, -0.2) is 27.4 Å². The minimum absolute atomic E-state index is 0.220. The number of rotatable bonds is 3. The topological polar surface area (TPSA) is 46.7 Å². The molecule has 0 aliphatic carbocycles. The molecule has 2 rings (SSSR count). The molecule has 1 aromatic carbocycles. The molecule has 1 fully saturated rings. The Balaban J connectivity index is 2.37. The van der Waals surface area contributed by atoms with Crippen molar-refractivity contribution in [3.8, 4) is 0 Å². The molecule has 0 saturated carbocycles. The van der Waals surface area contributed by atoms with E-state index in [1.807, 2.05) is 12.1 Å². The van der Waals surface area contributed by atoms with Crippen LogP contribution in [0.25, 0.3) is 0 Å². The molecule has 1 atom stereocenters. The molecule has 1 aliphatic rings. The van der Waals surface area contributed by atoms with Crippen LogP contribution in [0, 0.1) is 0 Å². The van der Waals surface area contributed by atoms with Crippen LogP contribution in [-0.2, 0) is 21.0 Å². The van der Waals surface area contributed by atoms with Crippen molar-refractivity contribution in [2.24, 2.45) is 0 Å². The zero-order valence-electron chi connectivity index (χ0n) is 7.93. The summed E-state index contributed by atoms with van der Waals surface area (Å²) in [6, 6.07) is 7.09. The molecule has 1 aromatic rings. The SMILES string of the molecule is CS(=O)(=O)c1ccccc1CC1CO1. The van der Waals surface area contributed by atoms with Gasteiger partial charge in [-0.15, -0.1) is 0 Å². The van der Waals surface area contributed by atoms with Gasteiger partial charge in [-0.1, -0.05) is 18.2 Å². The lowest BCUT2D eigenvalue weighted by atomic mass is 10.1. The number of hydrogen-bond donors (Lipinski definition) is 0. The van der Waals surface area contributed by atoms with Gasteiger partial charge in [0.25, 0.3) is 0 Å². The average molecular weight is 212 g/mol. The van der Waals surface area contributed by atoms with Crippen LogP contribution < -0.4 is 0 Å². The molecule has 0 radical (unpaired) electrons. The summed E-state index contributed by atoms with van der Waals surface area (Å²) < 4.78 is 27.9. The second-order valence-corrected chi connectivity index (χ2v) is 5.52. The third kappa shape index (κ3) is 2.13. The number of hydrogen-bond acceptors (Lipinski definition) is 3. The number of epoxide rings is 1. The maximum Gasteiger partial charge on any atom is 0.175 e. The Hall–Kier alpha value is -0.870. The van der Waals surface area contributed by atoms with Crippen molar-refractivity contribution in [3.63, 3.8) is 0 Å². The van der Waals surface area contributed by atoms with E-state index in [1.165, 1.54) is 6.26 Å².